The van der Waals surface area contributed by atoms with Crippen molar-refractivity contribution in [2.75, 3.05) is 0 Å². The molecule has 0 aliphatic rings. The summed E-state index contributed by atoms with van der Waals surface area (Å²) < 4.78 is 3.93. The van der Waals surface area contributed by atoms with Crippen LogP contribution in [0.1, 0.15) is 12.8 Å². The molecule has 0 spiro atoms. The Balaban J connectivity index is 1.39. The topological polar surface area (TPSA) is 61.4 Å². The molecule has 2 heterocycles. The van der Waals surface area contributed by atoms with E-state index in [4.69, 9.17) is 0 Å². The third-order valence-corrected chi connectivity index (χ3v) is 3.83. The first kappa shape index (κ1) is 12.9. The second kappa shape index (κ2) is 5.55. The highest BCUT2D eigenvalue weighted by Gasteiger charge is 2.05. The fourth-order valence-electron chi connectivity index (χ4n) is 2.69. The van der Waals surface area contributed by atoms with Gasteiger partial charge in [-0.05, 0) is 37.1 Å². The van der Waals surface area contributed by atoms with E-state index >= 15 is 0 Å². The lowest BCUT2D eigenvalue weighted by atomic mass is 10.2. The van der Waals surface area contributed by atoms with Gasteiger partial charge in [0, 0.05) is 13.1 Å². The molecule has 110 valence electrons. The van der Waals surface area contributed by atoms with E-state index in [1.54, 1.807) is 0 Å². The van der Waals surface area contributed by atoms with Crippen LogP contribution in [0.5, 0.6) is 0 Å². The summed E-state index contributed by atoms with van der Waals surface area (Å²) in [6.45, 7) is 1.74. The highest BCUT2D eigenvalue weighted by molar-refractivity contribution is 5.74. The monoisotopic (exact) mass is 292 g/mol. The molecule has 22 heavy (non-hydrogen) atoms. The molecule has 2 aromatic heterocycles. The Morgan fingerprint density at radius 3 is 1.59 bits per heavy atom. The minimum atomic E-state index is 0.868. The third-order valence-electron chi connectivity index (χ3n) is 3.83. The van der Waals surface area contributed by atoms with E-state index in [1.165, 1.54) is 0 Å². The molecule has 0 N–H and O–H groups in total. The maximum absolute atomic E-state index is 4.21. The van der Waals surface area contributed by atoms with Crippen LogP contribution in [0.15, 0.2) is 48.5 Å². The average molecular weight is 292 g/mol. The largest absolute Gasteiger partial charge is 0.245 e. The first-order chi connectivity index (χ1) is 10.9. The van der Waals surface area contributed by atoms with Crippen LogP contribution in [-0.4, -0.2) is 30.0 Å². The van der Waals surface area contributed by atoms with Crippen LogP contribution in [0, 0.1) is 0 Å². The maximum atomic E-state index is 4.21. The lowest BCUT2D eigenvalue weighted by molar-refractivity contribution is 0.500. The molecule has 0 aliphatic heterocycles. The Hall–Kier alpha value is -2.76. The number of hydrogen-bond donors (Lipinski definition) is 0. The predicted octanol–water partition coefficient (Wildman–Crippen LogP) is 2.66. The van der Waals surface area contributed by atoms with Crippen LogP contribution in [-0.2, 0) is 13.1 Å². The van der Waals surface area contributed by atoms with Crippen molar-refractivity contribution in [3.63, 3.8) is 0 Å². The SMILES string of the molecule is c1ccc2c(c1)nnn2CCCCn1nnc2ccccc21. The van der Waals surface area contributed by atoms with Gasteiger partial charge in [-0.2, -0.15) is 0 Å². The average Bonchev–Trinajstić information content (AvgIpc) is 3.16. The van der Waals surface area contributed by atoms with Crippen LogP contribution in [0.3, 0.4) is 0 Å². The van der Waals surface area contributed by atoms with Gasteiger partial charge in [-0.3, -0.25) is 0 Å². The van der Waals surface area contributed by atoms with E-state index < -0.39 is 0 Å². The number of rotatable bonds is 5. The molecule has 4 rings (SSSR count). The lowest BCUT2D eigenvalue weighted by Crippen LogP contribution is -2.04. The predicted molar refractivity (Wildman–Crippen MR) is 84.3 cm³/mol. The van der Waals surface area contributed by atoms with Crippen molar-refractivity contribution in [3.8, 4) is 0 Å². The molecule has 4 aromatic rings. The van der Waals surface area contributed by atoms with Gasteiger partial charge in [0.1, 0.15) is 11.0 Å². The van der Waals surface area contributed by atoms with E-state index in [9.17, 15) is 0 Å². The van der Waals surface area contributed by atoms with Gasteiger partial charge < -0.3 is 0 Å². The van der Waals surface area contributed by atoms with Gasteiger partial charge in [-0.1, -0.05) is 34.7 Å². The van der Waals surface area contributed by atoms with Gasteiger partial charge >= 0.3 is 0 Å². The highest BCUT2D eigenvalue weighted by atomic mass is 15.4. The standard InChI is InChI=1S/C16H16N6/c1-3-9-15-13(7-1)17-19-21(15)11-5-6-12-22-16-10-4-2-8-14(16)18-20-22/h1-4,7-10H,5-6,11-12H2. The molecule has 0 atom stereocenters. The van der Waals surface area contributed by atoms with Crippen molar-refractivity contribution >= 4 is 22.1 Å². The number of aryl methyl sites for hydroxylation is 2. The Kier molecular flexibility index (Phi) is 3.27. The van der Waals surface area contributed by atoms with Crippen LogP contribution in [0.25, 0.3) is 22.1 Å². The molecule has 0 bridgehead atoms. The second-order valence-corrected chi connectivity index (χ2v) is 5.31. The number of aromatic nitrogens is 6. The normalized spacial score (nSPS) is 11.5. The van der Waals surface area contributed by atoms with E-state index in [1.807, 2.05) is 45.8 Å². The molecule has 0 fully saturated rings. The molecule has 0 amide bonds. The molecule has 0 saturated carbocycles. The maximum Gasteiger partial charge on any atom is 0.113 e. The van der Waals surface area contributed by atoms with Gasteiger partial charge in [0.05, 0.1) is 11.0 Å². The van der Waals surface area contributed by atoms with Crippen molar-refractivity contribution in [3.05, 3.63) is 48.5 Å². The second-order valence-electron chi connectivity index (χ2n) is 5.31. The molecule has 6 nitrogen and oxygen atoms in total. The van der Waals surface area contributed by atoms with Gasteiger partial charge in [0.25, 0.3) is 0 Å². The van der Waals surface area contributed by atoms with Crippen LogP contribution in [0.2, 0.25) is 0 Å². The molecule has 2 aromatic carbocycles. The van der Waals surface area contributed by atoms with Gasteiger partial charge in [0.2, 0.25) is 0 Å². The number of benzene rings is 2. The van der Waals surface area contributed by atoms with E-state index in [2.05, 4.69) is 32.8 Å². The molecule has 6 heteroatoms. The summed E-state index contributed by atoms with van der Waals surface area (Å²) in [7, 11) is 0. The number of para-hydroxylation sites is 2. The summed E-state index contributed by atoms with van der Waals surface area (Å²) in [6.07, 6.45) is 2.06. The van der Waals surface area contributed by atoms with E-state index in [0.29, 0.717) is 0 Å². The smallest absolute Gasteiger partial charge is 0.113 e. The fourth-order valence-corrected chi connectivity index (χ4v) is 2.69. The number of nitrogens with zero attached hydrogens (tertiary/aromatic N) is 6. The number of unbranched alkanes of at least 4 members (excludes halogenated alkanes) is 1. The summed E-state index contributed by atoms with van der Waals surface area (Å²) in [4.78, 5) is 0. The minimum absolute atomic E-state index is 0.868. The number of hydrogen-bond acceptors (Lipinski definition) is 4. The van der Waals surface area contributed by atoms with Crippen molar-refractivity contribution in [2.45, 2.75) is 25.9 Å². The van der Waals surface area contributed by atoms with Crippen LogP contribution >= 0.6 is 0 Å². The lowest BCUT2D eigenvalue weighted by Gasteiger charge is -2.03. The first-order valence-corrected chi connectivity index (χ1v) is 7.48. The molecular weight excluding hydrogens is 276 g/mol. The van der Waals surface area contributed by atoms with Crippen LogP contribution in [0.4, 0.5) is 0 Å². The van der Waals surface area contributed by atoms with E-state index in [-0.39, 0.29) is 0 Å². The first-order valence-electron chi connectivity index (χ1n) is 7.48. The van der Waals surface area contributed by atoms with Crippen LogP contribution < -0.4 is 0 Å². The zero-order chi connectivity index (χ0) is 14.8. The Bertz CT molecular complexity index is 831. The van der Waals surface area contributed by atoms with Crippen molar-refractivity contribution < 1.29 is 0 Å². The van der Waals surface area contributed by atoms with Crippen molar-refractivity contribution in [1.29, 1.82) is 0 Å². The molecule has 0 saturated heterocycles. The molecule has 0 aliphatic carbocycles. The number of fused-ring (bicyclic) bond motifs is 2. The molecule has 0 radical (unpaired) electrons. The van der Waals surface area contributed by atoms with Gasteiger partial charge in [-0.15, -0.1) is 10.2 Å². The summed E-state index contributed by atoms with van der Waals surface area (Å²) in [5, 5.41) is 16.8. The molecule has 0 unspecified atom stereocenters. The summed E-state index contributed by atoms with van der Waals surface area (Å²) in [6, 6.07) is 16.1. The van der Waals surface area contributed by atoms with Gasteiger partial charge in [-0.25, -0.2) is 9.36 Å². The van der Waals surface area contributed by atoms with Crippen molar-refractivity contribution in [1.82, 2.24) is 30.0 Å². The fraction of sp³-hybridized carbons (Fsp3) is 0.250. The summed E-state index contributed by atoms with van der Waals surface area (Å²) in [5.41, 5.74) is 4.08. The Labute approximate surface area is 127 Å². The molecular formula is C16H16N6. The van der Waals surface area contributed by atoms with E-state index in [0.717, 1.165) is 48.0 Å². The third kappa shape index (κ3) is 2.32. The Morgan fingerprint density at radius 2 is 1.09 bits per heavy atom. The highest BCUT2D eigenvalue weighted by Crippen LogP contribution is 2.12. The quantitative estimate of drug-likeness (QED) is 0.531. The Morgan fingerprint density at radius 1 is 0.636 bits per heavy atom. The van der Waals surface area contributed by atoms with Gasteiger partial charge in [0.15, 0.2) is 0 Å². The zero-order valence-electron chi connectivity index (χ0n) is 12.1. The summed E-state index contributed by atoms with van der Waals surface area (Å²) >= 11 is 0. The minimum Gasteiger partial charge on any atom is -0.245 e. The zero-order valence-corrected chi connectivity index (χ0v) is 12.1. The summed E-state index contributed by atoms with van der Waals surface area (Å²) in [5.74, 6) is 0. The van der Waals surface area contributed by atoms with Crippen molar-refractivity contribution in [2.24, 2.45) is 0 Å².